The number of carbonyl (C=O) groups excluding carboxylic acids is 1. The van der Waals surface area contributed by atoms with Crippen LogP contribution in [0.15, 0.2) is 47.8 Å². The minimum absolute atomic E-state index is 0.183. The second kappa shape index (κ2) is 7.40. The molecule has 2 heterocycles. The number of nitrogens with two attached hydrogens (primary N) is 1. The molecule has 4 rings (SSSR count). The van der Waals surface area contributed by atoms with Gasteiger partial charge in [-0.25, -0.2) is 4.98 Å². The highest BCUT2D eigenvalue weighted by atomic mass is 32.1. The van der Waals surface area contributed by atoms with Gasteiger partial charge in [-0.3, -0.25) is 4.79 Å². The maximum absolute atomic E-state index is 12.7. The van der Waals surface area contributed by atoms with Crippen LogP contribution in [0.3, 0.4) is 0 Å². The number of benzene rings is 2. The van der Waals surface area contributed by atoms with Gasteiger partial charge in [-0.2, -0.15) is 13.2 Å². The molecule has 0 atom stereocenters. The first-order chi connectivity index (χ1) is 13.8. The maximum atomic E-state index is 12.7. The molecule has 1 amide bonds. The van der Waals surface area contributed by atoms with E-state index in [-0.39, 0.29) is 5.91 Å². The third-order valence-electron chi connectivity index (χ3n) is 4.66. The monoisotopic (exact) mass is 419 g/mol. The number of rotatable bonds is 3. The fraction of sp³-hybridized carbons (Fsp3) is 0.200. The lowest BCUT2D eigenvalue weighted by Crippen LogP contribution is -2.36. The third kappa shape index (κ3) is 4.04. The first-order valence-electron chi connectivity index (χ1n) is 8.77. The lowest BCUT2D eigenvalue weighted by molar-refractivity contribution is -0.137. The summed E-state index contributed by atoms with van der Waals surface area (Å²) in [4.78, 5) is 18.3. The van der Waals surface area contributed by atoms with Crippen molar-refractivity contribution in [3.63, 3.8) is 0 Å². The van der Waals surface area contributed by atoms with E-state index in [1.165, 1.54) is 23.5 Å². The average molecular weight is 419 g/mol. The molecule has 2 N–H and O–H groups in total. The van der Waals surface area contributed by atoms with E-state index in [4.69, 9.17) is 10.5 Å². The van der Waals surface area contributed by atoms with Crippen LogP contribution in [0.25, 0.3) is 0 Å². The molecule has 1 aliphatic rings. The second-order valence-electron chi connectivity index (χ2n) is 6.57. The zero-order valence-electron chi connectivity index (χ0n) is 15.1. The molecule has 0 unspecified atom stereocenters. The van der Waals surface area contributed by atoms with Crippen molar-refractivity contribution in [3.05, 3.63) is 70.2 Å². The van der Waals surface area contributed by atoms with Crippen LogP contribution in [0.4, 0.5) is 18.3 Å². The number of halogens is 3. The summed E-state index contributed by atoms with van der Waals surface area (Å²) < 4.78 is 44.0. The maximum Gasteiger partial charge on any atom is 0.416 e. The van der Waals surface area contributed by atoms with E-state index < -0.39 is 11.7 Å². The number of ether oxygens (including phenoxy) is 1. The number of alkyl halides is 3. The summed E-state index contributed by atoms with van der Waals surface area (Å²) in [6.07, 6.45) is -3.82. The predicted octanol–water partition coefficient (Wildman–Crippen LogP) is 4.73. The molecule has 0 bridgehead atoms. The van der Waals surface area contributed by atoms with Gasteiger partial charge in [0.2, 0.25) is 0 Å². The molecule has 3 aromatic rings. The Morgan fingerprint density at radius 2 is 1.93 bits per heavy atom. The van der Waals surface area contributed by atoms with E-state index in [0.717, 1.165) is 23.3 Å². The van der Waals surface area contributed by atoms with Gasteiger partial charge in [0.05, 0.1) is 5.56 Å². The zero-order chi connectivity index (χ0) is 20.6. The van der Waals surface area contributed by atoms with Gasteiger partial charge in [0, 0.05) is 24.0 Å². The lowest BCUT2D eigenvalue weighted by atomic mass is 9.98. The van der Waals surface area contributed by atoms with E-state index in [9.17, 15) is 18.0 Å². The zero-order valence-corrected chi connectivity index (χ0v) is 15.9. The topological polar surface area (TPSA) is 68.5 Å². The van der Waals surface area contributed by atoms with Crippen LogP contribution in [0.1, 0.15) is 27.2 Å². The van der Waals surface area contributed by atoms with E-state index in [1.807, 2.05) is 6.07 Å². The first-order valence-corrected chi connectivity index (χ1v) is 9.65. The Bertz CT molecular complexity index is 1050. The summed E-state index contributed by atoms with van der Waals surface area (Å²) in [5.41, 5.74) is 7.08. The van der Waals surface area contributed by atoms with Crippen molar-refractivity contribution in [3.8, 4) is 11.5 Å². The minimum Gasteiger partial charge on any atom is -0.457 e. The Morgan fingerprint density at radius 1 is 1.17 bits per heavy atom. The van der Waals surface area contributed by atoms with Crippen molar-refractivity contribution in [1.29, 1.82) is 0 Å². The van der Waals surface area contributed by atoms with Crippen molar-refractivity contribution in [1.82, 2.24) is 9.88 Å². The van der Waals surface area contributed by atoms with Gasteiger partial charge < -0.3 is 15.4 Å². The molecule has 0 aliphatic carbocycles. The normalized spacial score (nSPS) is 13.8. The Balaban J connectivity index is 1.52. The van der Waals surface area contributed by atoms with Gasteiger partial charge in [-0.1, -0.05) is 12.1 Å². The number of nitrogen functional groups attached to an aromatic ring is 1. The Hall–Kier alpha value is -3.07. The fourth-order valence-electron chi connectivity index (χ4n) is 3.23. The van der Waals surface area contributed by atoms with E-state index >= 15 is 0 Å². The van der Waals surface area contributed by atoms with Gasteiger partial charge in [-0.05, 0) is 42.3 Å². The first kappa shape index (κ1) is 19.3. The summed E-state index contributed by atoms with van der Waals surface area (Å²) in [5, 5.41) is 1.98. The minimum atomic E-state index is -4.39. The number of anilines is 1. The second-order valence-corrected chi connectivity index (χ2v) is 7.46. The number of carbonyl (C=O) groups is 1. The van der Waals surface area contributed by atoms with Crippen LogP contribution in [-0.4, -0.2) is 22.3 Å². The molecule has 0 saturated carbocycles. The molecule has 1 aromatic heterocycles. The highest BCUT2D eigenvalue weighted by Crippen LogP contribution is 2.34. The molecule has 9 heteroatoms. The van der Waals surface area contributed by atoms with E-state index in [0.29, 0.717) is 41.8 Å². The summed E-state index contributed by atoms with van der Waals surface area (Å²) in [6, 6.07) is 10.1. The van der Waals surface area contributed by atoms with Crippen LogP contribution >= 0.6 is 11.3 Å². The van der Waals surface area contributed by atoms with Gasteiger partial charge in [0.15, 0.2) is 5.13 Å². The smallest absolute Gasteiger partial charge is 0.416 e. The highest BCUT2D eigenvalue weighted by molar-refractivity contribution is 7.13. The van der Waals surface area contributed by atoms with Crippen molar-refractivity contribution in [2.75, 3.05) is 12.3 Å². The molecule has 0 saturated heterocycles. The van der Waals surface area contributed by atoms with Crippen molar-refractivity contribution >= 4 is 22.4 Å². The van der Waals surface area contributed by atoms with Crippen LogP contribution < -0.4 is 10.5 Å². The predicted molar refractivity (Wildman–Crippen MR) is 103 cm³/mol. The highest BCUT2D eigenvalue weighted by Gasteiger charge is 2.30. The van der Waals surface area contributed by atoms with Crippen LogP contribution in [0, 0.1) is 0 Å². The summed E-state index contributed by atoms with van der Waals surface area (Å²) in [6.45, 7) is 0.881. The molecule has 0 radical (unpaired) electrons. The number of aromatic nitrogens is 1. The summed E-state index contributed by atoms with van der Waals surface area (Å²) in [5.74, 6) is 0.716. The van der Waals surface area contributed by atoms with Gasteiger partial charge >= 0.3 is 6.18 Å². The SMILES string of the molecule is Nc1nc(C(=O)N2CCc3c(cccc3Oc3ccc(C(F)(F)F)cc3)C2)cs1. The fourth-order valence-corrected chi connectivity index (χ4v) is 3.77. The van der Waals surface area contributed by atoms with Crippen LogP contribution in [0.2, 0.25) is 0 Å². The number of nitrogens with zero attached hydrogens (tertiary/aromatic N) is 2. The molecular weight excluding hydrogens is 403 g/mol. The van der Waals surface area contributed by atoms with E-state index in [1.54, 1.807) is 22.4 Å². The lowest BCUT2D eigenvalue weighted by Gasteiger charge is -2.29. The molecule has 0 fully saturated rings. The molecule has 1 aliphatic heterocycles. The number of thiazole rings is 1. The van der Waals surface area contributed by atoms with Crippen molar-refractivity contribution in [2.45, 2.75) is 19.1 Å². The molecule has 29 heavy (non-hydrogen) atoms. The van der Waals surface area contributed by atoms with Crippen molar-refractivity contribution in [2.24, 2.45) is 0 Å². The standard InChI is InChI=1S/C20H16F3N3O2S/c21-20(22,23)13-4-6-14(7-5-13)28-17-3-1-2-12-10-26(9-8-15(12)17)18(27)16-11-29-19(24)25-16/h1-7,11H,8-10H2,(H2,24,25). The van der Waals surface area contributed by atoms with Gasteiger partial charge in [-0.15, -0.1) is 11.3 Å². The van der Waals surface area contributed by atoms with Gasteiger partial charge in [0.25, 0.3) is 5.91 Å². The van der Waals surface area contributed by atoms with E-state index in [2.05, 4.69) is 4.98 Å². The summed E-state index contributed by atoms with van der Waals surface area (Å²) in [7, 11) is 0. The number of hydrogen-bond donors (Lipinski definition) is 1. The van der Waals surface area contributed by atoms with Crippen LogP contribution in [0.5, 0.6) is 11.5 Å². The number of amides is 1. The Labute approximate surface area is 168 Å². The van der Waals surface area contributed by atoms with Gasteiger partial charge in [0.1, 0.15) is 17.2 Å². The average Bonchev–Trinajstić information content (AvgIpc) is 3.13. The molecule has 0 spiro atoms. The number of fused-ring (bicyclic) bond motifs is 1. The summed E-state index contributed by atoms with van der Waals surface area (Å²) >= 11 is 1.22. The molecule has 2 aromatic carbocycles. The molecule has 150 valence electrons. The quantitative estimate of drug-likeness (QED) is 0.666. The Morgan fingerprint density at radius 3 is 2.59 bits per heavy atom. The molecular formula is C20H16F3N3O2S. The van der Waals surface area contributed by atoms with Crippen molar-refractivity contribution < 1.29 is 22.7 Å². The van der Waals surface area contributed by atoms with Crippen LogP contribution in [-0.2, 0) is 19.1 Å². The largest absolute Gasteiger partial charge is 0.457 e. The third-order valence-corrected chi connectivity index (χ3v) is 5.33. The number of hydrogen-bond acceptors (Lipinski definition) is 5. The molecule has 5 nitrogen and oxygen atoms in total. The Kier molecular flexibility index (Phi) is 4.91.